The van der Waals surface area contributed by atoms with Gasteiger partial charge in [0.1, 0.15) is 17.9 Å². The molecule has 6 heteroatoms. The first kappa shape index (κ1) is 13.8. The van der Waals surface area contributed by atoms with Gasteiger partial charge >= 0.3 is 5.97 Å². The van der Waals surface area contributed by atoms with Crippen LogP contribution < -0.4 is 10.1 Å². The van der Waals surface area contributed by atoms with Gasteiger partial charge in [0.2, 0.25) is 5.88 Å². The molecule has 0 spiro atoms. The van der Waals surface area contributed by atoms with Crippen LogP contribution in [0.25, 0.3) is 10.8 Å². The van der Waals surface area contributed by atoms with Gasteiger partial charge in [-0.1, -0.05) is 12.1 Å². The topological polar surface area (TPSA) is 84.3 Å². The highest BCUT2D eigenvalue weighted by atomic mass is 16.5. The first-order valence-corrected chi connectivity index (χ1v) is 6.61. The Morgan fingerprint density at radius 1 is 1.18 bits per heavy atom. The van der Waals surface area contributed by atoms with E-state index in [1.54, 1.807) is 43.4 Å². The number of hydrogen-bond donors (Lipinski definition) is 2. The van der Waals surface area contributed by atoms with Crippen molar-refractivity contribution in [2.24, 2.45) is 0 Å². The normalized spacial score (nSPS) is 10.4. The van der Waals surface area contributed by atoms with Crippen LogP contribution in [0.1, 0.15) is 10.4 Å². The van der Waals surface area contributed by atoms with Gasteiger partial charge in [0.05, 0.1) is 5.56 Å². The zero-order valence-corrected chi connectivity index (χ0v) is 11.8. The minimum atomic E-state index is -0.950. The molecule has 1 aromatic heterocycles. The fourth-order valence-electron chi connectivity index (χ4n) is 2.16. The van der Waals surface area contributed by atoms with Crippen molar-refractivity contribution in [1.82, 2.24) is 9.97 Å². The lowest BCUT2D eigenvalue weighted by atomic mass is 10.0. The Hall–Kier alpha value is -3.15. The molecule has 22 heavy (non-hydrogen) atoms. The summed E-state index contributed by atoms with van der Waals surface area (Å²) in [6.07, 6.45) is 1.41. The number of carboxylic acid groups (broad SMARTS) is 1. The van der Waals surface area contributed by atoms with Crippen LogP contribution in [0.3, 0.4) is 0 Å². The van der Waals surface area contributed by atoms with Gasteiger partial charge in [0.15, 0.2) is 0 Å². The molecule has 2 aromatic carbocycles. The summed E-state index contributed by atoms with van der Waals surface area (Å²) in [6, 6.07) is 12.0. The van der Waals surface area contributed by atoms with Crippen LogP contribution >= 0.6 is 0 Å². The van der Waals surface area contributed by atoms with E-state index in [4.69, 9.17) is 4.74 Å². The van der Waals surface area contributed by atoms with Gasteiger partial charge in [-0.25, -0.2) is 14.8 Å². The summed E-state index contributed by atoms with van der Waals surface area (Å²) in [4.78, 5) is 19.3. The summed E-state index contributed by atoms with van der Waals surface area (Å²) in [7, 11) is 1.76. The second-order valence-corrected chi connectivity index (χ2v) is 4.59. The van der Waals surface area contributed by atoms with E-state index in [2.05, 4.69) is 15.3 Å². The molecule has 6 nitrogen and oxygen atoms in total. The van der Waals surface area contributed by atoms with E-state index in [0.29, 0.717) is 22.8 Å². The van der Waals surface area contributed by atoms with E-state index in [1.165, 1.54) is 6.33 Å². The number of aromatic nitrogens is 2. The SMILES string of the molecule is CNc1cc(Oc2ccc3c(C(=O)O)cccc3c2)ncn1. The highest BCUT2D eigenvalue weighted by Crippen LogP contribution is 2.27. The van der Waals surface area contributed by atoms with Gasteiger partial charge in [-0.2, -0.15) is 0 Å². The second-order valence-electron chi connectivity index (χ2n) is 4.59. The molecule has 0 saturated carbocycles. The predicted molar refractivity (Wildman–Crippen MR) is 82.6 cm³/mol. The molecule has 0 amide bonds. The molecule has 1 heterocycles. The first-order valence-electron chi connectivity index (χ1n) is 6.61. The number of hydrogen-bond acceptors (Lipinski definition) is 5. The molecule has 0 saturated heterocycles. The third kappa shape index (κ3) is 2.67. The second kappa shape index (κ2) is 5.69. The van der Waals surface area contributed by atoms with Crippen molar-refractivity contribution in [2.45, 2.75) is 0 Å². The lowest BCUT2D eigenvalue weighted by Gasteiger charge is -2.08. The van der Waals surface area contributed by atoms with Crippen LogP contribution in [0.4, 0.5) is 5.82 Å². The fourth-order valence-corrected chi connectivity index (χ4v) is 2.16. The number of rotatable bonds is 4. The standard InChI is InChI=1S/C16H13N3O3/c1-17-14-8-15(19-9-18-14)22-11-5-6-12-10(7-11)3-2-4-13(12)16(20)21/h2-9H,1H3,(H,20,21)(H,17,18,19). The Balaban J connectivity index is 1.97. The highest BCUT2D eigenvalue weighted by molar-refractivity contribution is 6.03. The summed E-state index contributed by atoms with van der Waals surface area (Å²) in [6.45, 7) is 0. The zero-order valence-electron chi connectivity index (χ0n) is 11.8. The van der Waals surface area contributed by atoms with Crippen molar-refractivity contribution in [2.75, 3.05) is 12.4 Å². The van der Waals surface area contributed by atoms with Crippen molar-refractivity contribution in [1.29, 1.82) is 0 Å². The van der Waals surface area contributed by atoms with Crippen LogP contribution in [0.15, 0.2) is 48.8 Å². The average molecular weight is 295 g/mol. The lowest BCUT2D eigenvalue weighted by molar-refractivity contribution is 0.0699. The number of benzene rings is 2. The maximum atomic E-state index is 11.2. The van der Waals surface area contributed by atoms with Crippen molar-refractivity contribution in [3.8, 4) is 11.6 Å². The summed E-state index contributed by atoms with van der Waals surface area (Å²) < 4.78 is 5.69. The van der Waals surface area contributed by atoms with E-state index in [-0.39, 0.29) is 5.56 Å². The van der Waals surface area contributed by atoms with Gasteiger partial charge in [0, 0.05) is 13.1 Å². The smallest absolute Gasteiger partial charge is 0.336 e. The Morgan fingerprint density at radius 2 is 2.05 bits per heavy atom. The molecule has 3 rings (SSSR count). The number of aromatic carboxylic acids is 1. The van der Waals surface area contributed by atoms with Gasteiger partial charge in [0.25, 0.3) is 0 Å². The Morgan fingerprint density at radius 3 is 2.82 bits per heavy atom. The number of ether oxygens (including phenoxy) is 1. The van der Waals surface area contributed by atoms with E-state index in [1.807, 2.05) is 6.07 Å². The van der Waals surface area contributed by atoms with Crippen molar-refractivity contribution in [3.05, 3.63) is 54.4 Å². The minimum absolute atomic E-state index is 0.267. The van der Waals surface area contributed by atoms with Crippen LogP contribution in [-0.2, 0) is 0 Å². The quantitative estimate of drug-likeness (QED) is 0.769. The van der Waals surface area contributed by atoms with E-state index in [0.717, 1.165) is 5.39 Å². The number of carbonyl (C=O) groups is 1. The third-order valence-corrected chi connectivity index (χ3v) is 3.20. The Kier molecular flexibility index (Phi) is 3.57. The van der Waals surface area contributed by atoms with Crippen molar-refractivity contribution < 1.29 is 14.6 Å². The fraction of sp³-hybridized carbons (Fsp3) is 0.0625. The van der Waals surface area contributed by atoms with E-state index in [9.17, 15) is 9.90 Å². The van der Waals surface area contributed by atoms with E-state index >= 15 is 0 Å². The van der Waals surface area contributed by atoms with Crippen molar-refractivity contribution >= 4 is 22.6 Å². The van der Waals surface area contributed by atoms with Crippen molar-refractivity contribution in [3.63, 3.8) is 0 Å². The molecule has 0 aliphatic carbocycles. The molecular weight excluding hydrogens is 282 g/mol. The summed E-state index contributed by atoms with van der Waals surface area (Å²) in [5, 5.41) is 13.6. The third-order valence-electron chi connectivity index (χ3n) is 3.20. The van der Waals surface area contributed by atoms with Crippen LogP contribution in [0.2, 0.25) is 0 Å². The molecule has 0 aliphatic rings. The van der Waals surface area contributed by atoms with Gasteiger partial charge in [-0.15, -0.1) is 0 Å². The molecule has 110 valence electrons. The average Bonchev–Trinajstić information content (AvgIpc) is 2.54. The molecule has 0 aliphatic heterocycles. The molecule has 0 bridgehead atoms. The largest absolute Gasteiger partial charge is 0.478 e. The van der Waals surface area contributed by atoms with Gasteiger partial charge in [-0.3, -0.25) is 0 Å². The predicted octanol–water partition coefficient (Wildman–Crippen LogP) is 3.16. The highest BCUT2D eigenvalue weighted by Gasteiger charge is 2.09. The number of nitrogens with zero attached hydrogens (tertiary/aromatic N) is 2. The van der Waals surface area contributed by atoms with Crippen LogP contribution in [-0.4, -0.2) is 28.1 Å². The first-order chi connectivity index (χ1) is 10.7. The summed E-state index contributed by atoms with van der Waals surface area (Å²) >= 11 is 0. The zero-order chi connectivity index (χ0) is 15.5. The molecule has 0 fully saturated rings. The number of carboxylic acids is 1. The van der Waals surface area contributed by atoms with E-state index < -0.39 is 5.97 Å². The van der Waals surface area contributed by atoms with Crippen LogP contribution in [0, 0.1) is 0 Å². The van der Waals surface area contributed by atoms with Crippen LogP contribution in [0.5, 0.6) is 11.6 Å². The summed E-state index contributed by atoms with van der Waals surface area (Å²) in [5.41, 5.74) is 0.267. The number of fused-ring (bicyclic) bond motifs is 1. The molecule has 0 unspecified atom stereocenters. The maximum Gasteiger partial charge on any atom is 0.336 e. The molecule has 3 aromatic rings. The minimum Gasteiger partial charge on any atom is -0.478 e. The van der Waals surface area contributed by atoms with Gasteiger partial charge < -0.3 is 15.2 Å². The Bertz CT molecular complexity index is 849. The molecular formula is C16H13N3O3. The molecule has 0 radical (unpaired) electrons. The number of nitrogens with one attached hydrogen (secondary N) is 1. The van der Waals surface area contributed by atoms with Gasteiger partial charge in [-0.05, 0) is 35.0 Å². The Labute approximate surface area is 126 Å². The molecule has 2 N–H and O–H groups in total. The monoisotopic (exact) mass is 295 g/mol. The summed E-state index contributed by atoms with van der Waals surface area (Å²) in [5.74, 6) is 0.691. The number of anilines is 1. The lowest BCUT2D eigenvalue weighted by Crippen LogP contribution is -1.97. The molecule has 0 atom stereocenters. The maximum absolute atomic E-state index is 11.2.